The van der Waals surface area contributed by atoms with E-state index in [4.69, 9.17) is 10.2 Å². The molecular weight excluding hydrogens is 212 g/mol. The first kappa shape index (κ1) is 10.1. The molecule has 2 rings (SSSR count). The Bertz CT molecular complexity index is 460. The first-order valence-electron chi connectivity index (χ1n) is 4.55. The number of hydrogen-bond acceptors (Lipinski definition) is 5. The van der Waals surface area contributed by atoms with Crippen molar-refractivity contribution in [1.82, 2.24) is 0 Å². The molecule has 0 unspecified atom stereocenters. The van der Waals surface area contributed by atoms with Crippen LogP contribution in [0.15, 0.2) is 35.2 Å². The van der Waals surface area contributed by atoms with Crippen LogP contribution in [-0.2, 0) is 6.54 Å². The summed E-state index contributed by atoms with van der Waals surface area (Å²) in [5, 5.41) is 25.1. The summed E-state index contributed by atoms with van der Waals surface area (Å²) < 4.78 is 5.69. The zero-order chi connectivity index (χ0) is 11.5. The number of nitrogens with zero attached hydrogens (tertiary/aromatic N) is 2. The maximum Gasteiger partial charge on any atom is 0.535 e. The van der Waals surface area contributed by atoms with Gasteiger partial charge in [-0.25, -0.2) is 5.73 Å². The van der Waals surface area contributed by atoms with E-state index in [0.717, 1.165) is 0 Å². The van der Waals surface area contributed by atoms with Gasteiger partial charge in [-0.05, 0) is 12.1 Å². The number of nitrogens with two attached hydrogens (primary N) is 1. The molecule has 0 amide bonds. The van der Waals surface area contributed by atoms with Gasteiger partial charge in [-0.15, -0.1) is 9.46 Å². The van der Waals surface area contributed by atoms with Crippen LogP contribution < -0.4 is 20.5 Å². The third-order valence-corrected chi connectivity index (χ3v) is 2.01. The third-order valence-electron chi connectivity index (χ3n) is 2.01. The molecule has 3 N–H and O–H groups in total. The Balaban J connectivity index is 2.10. The molecule has 7 nitrogen and oxygen atoms in total. The molecule has 2 aromatic heterocycles. The second-order valence-electron chi connectivity index (χ2n) is 3.16. The van der Waals surface area contributed by atoms with Crippen molar-refractivity contribution in [2.24, 2.45) is 0 Å². The van der Waals surface area contributed by atoms with Crippen LogP contribution in [-0.4, -0.2) is 0 Å². The Hall–Kier alpha value is -2.44. The summed E-state index contributed by atoms with van der Waals surface area (Å²) in [6, 6.07) is 3.53. The van der Waals surface area contributed by atoms with Gasteiger partial charge in [0, 0.05) is 0 Å². The van der Waals surface area contributed by atoms with E-state index in [9.17, 15) is 10.4 Å². The van der Waals surface area contributed by atoms with Crippen LogP contribution in [0, 0.1) is 10.4 Å². The number of nitrogens with one attached hydrogen (secondary N) is 1. The predicted molar refractivity (Wildman–Crippen MR) is 54.8 cm³/mol. The molecule has 0 saturated carbocycles. The van der Waals surface area contributed by atoms with Crippen molar-refractivity contribution in [2.45, 2.75) is 6.54 Å². The van der Waals surface area contributed by atoms with Gasteiger partial charge in [-0.3, -0.25) is 0 Å². The SMILES string of the molecule is Nc1[n+]([O-])cc(NCc2ccco2)c[n+]1[O-]. The molecule has 0 aliphatic rings. The van der Waals surface area contributed by atoms with Crippen LogP contribution in [0.5, 0.6) is 0 Å². The van der Waals surface area contributed by atoms with Crippen molar-refractivity contribution in [3.05, 3.63) is 47.0 Å². The van der Waals surface area contributed by atoms with Crippen LogP contribution >= 0.6 is 0 Å². The number of hydrogen-bond donors (Lipinski definition) is 2. The van der Waals surface area contributed by atoms with E-state index in [0.29, 0.717) is 27.5 Å². The van der Waals surface area contributed by atoms with E-state index in [1.165, 1.54) is 12.4 Å². The lowest BCUT2D eigenvalue weighted by Crippen LogP contribution is -2.45. The van der Waals surface area contributed by atoms with Crippen molar-refractivity contribution in [1.29, 1.82) is 0 Å². The van der Waals surface area contributed by atoms with E-state index in [-0.39, 0.29) is 0 Å². The molecule has 0 atom stereocenters. The monoisotopic (exact) mass is 222 g/mol. The van der Waals surface area contributed by atoms with E-state index < -0.39 is 5.95 Å². The fraction of sp³-hybridized carbons (Fsp3) is 0.111. The van der Waals surface area contributed by atoms with Gasteiger partial charge in [0.2, 0.25) is 0 Å². The average molecular weight is 222 g/mol. The van der Waals surface area contributed by atoms with Crippen LogP contribution in [0.25, 0.3) is 0 Å². The van der Waals surface area contributed by atoms with Crippen LogP contribution in [0.1, 0.15) is 5.76 Å². The van der Waals surface area contributed by atoms with Gasteiger partial charge in [0.05, 0.1) is 12.8 Å². The molecule has 0 aromatic carbocycles. The summed E-state index contributed by atoms with van der Waals surface area (Å²) >= 11 is 0. The van der Waals surface area contributed by atoms with Gasteiger partial charge in [0.15, 0.2) is 12.4 Å². The van der Waals surface area contributed by atoms with Gasteiger partial charge >= 0.3 is 5.95 Å². The van der Waals surface area contributed by atoms with Gasteiger partial charge < -0.3 is 20.1 Å². The topological polar surface area (TPSA) is 105 Å². The lowest BCUT2D eigenvalue weighted by molar-refractivity contribution is -0.717. The Morgan fingerprint density at radius 2 is 2.00 bits per heavy atom. The van der Waals surface area contributed by atoms with Gasteiger partial charge in [0.1, 0.15) is 11.4 Å². The van der Waals surface area contributed by atoms with Crippen LogP contribution in [0.2, 0.25) is 0 Å². The highest BCUT2D eigenvalue weighted by molar-refractivity contribution is 5.35. The number of nitrogen functional groups attached to an aromatic ring is 1. The Labute approximate surface area is 90.9 Å². The van der Waals surface area contributed by atoms with Gasteiger partial charge in [-0.1, -0.05) is 0 Å². The first-order valence-corrected chi connectivity index (χ1v) is 4.55. The standard InChI is InChI=1S/C9H10N4O3/c10-9-12(14)5-7(6-13(9)15)11-4-8-2-1-3-16-8/h1-3,5-6,11H,4,10H2. The molecule has 7 heteroatoms. The van der Waals surface area contributed by atoms with Crippen molar-refractivity contribution < 1.29 is 13.9 Å². The summed E-state index contributed by atoms with van der Waals surface area (Å²) in [4.78, 5) is 0. The van der Waals surface area contributed by atoms with Crippen molar-refractivity contribution in [2.75, 3.05) is 11.1 Å². The molecule has 2 aromatic rings. The Morgan fingerprint density at radius 3 is 2.56 bits per heavy atom. The van der Waals surface area contributed by atoms with Gasteiger partial charge in [0.25, 0.3) is 0 Å². The molecule has 0 fully saturated rings. The largest absolute Gasteiger partial charge is 0.675 e. The minimum atomic E-state index is -0.413. The molecule has 0 saturated heterocycles. The minimum absolute atomic E-state index is 0.303. The first-order chi connectivity index (χ1) is 7.66. The normalized spacial score (nSPS) is 10.2. The van der Waals surface area contributed by atoms with Crippen LogP contribution in [0.3, 0.4) is 0 Å². The third kappa shape index (κ3) is 1.97. The summed E-state index contributed by atoms with van der Waals surface area (Å²) in [6.45, 7) is 0.386. The Kier molecular flexibility index (Phi) is 2.50. The van der Waals surface area contributed by atoms with Crippen molar-refractivity contribution in [3.8, 4) is 0 Å². The summed E-state index contributed by atoms with van der Waals surface area (Å²) in [7, 11) is 0. The van der Waals surface area contributed by atoms with E-state index in [1.807, 2.05) is 0 Å². The highest BCUT2D eigenvalue weighted by Crippen LogP contribution is 2.05. The van der Waals surface area contributed by atoms with Crippen LogP contribution in [0.4, 0.5) is 11.6 Å². The predicted octanol–water partition coefficient (Wildman–Crippen LogP) is -0.259. The average Bonchev–Trinajstić information content (AvgIpc) is 2.75. The number of aromatic nitrogens is 2. The molecule has 0 bridgehead atoms. The molecular formula is C9H10N4O3. The molecule has 0 radical (unpaired) electrons. The number of rotatable bonds is 3. The smallest absolute Gasteiger partial charge is 0.535 e. The lowest BCUT2D eigenvalue weighted by Gasteiger charge is -2.08. The van der Waals surface area contributed by atoms with E-state index >= 15 is 0 Å². The molecule has 16 heavy (non-hydrogen) atoms. The maximum absolute atomic E-state index is 11.1. The zero-order valence-electron chi connectivity index (χ0n) is 8.29. The number of anilines is 2. The zero-order valence-corrected chi connectivity index (χ0v) is 8.29. The molecule has 0 aliphatic carbocycles. The van der Waals surface area contributed by atoms with E-state index in [1.54, 1.807) is 18.4 Å². The fourth-order valence-corrected chi connectivity index (χ4v) is 1.21. The molecule has 2 heterocycles. The van der Waals surface area contributed by atoms with E-state index in [2.05, 4.69) is 5.32 Å². The maximum atomic E-state index is 11.1. The highest BCUT2D eigenvalue weighted by Gasteiger charge is 2.10. The van der Waals surface area contributed by atoms with Gasteiger partial charge in [-0.2, -0.15) is 0 Å². The van der Waals surface area contributed by atoms with Crippen molar-refractivity contribution in [3.63, 3.8) is 0 Å². The molecule has 0 aliphatic heterocycles. The molecule has 0 spiro atoms. The summed E-state index contributed by atoms with van der Waals surface area (Å²) in [6.07, 6.45) is 3.92. The van der Waals surface area contributed by atoms with Crippen molar-refractivity contribution >= 4 is 11.6 Å². The second-order valence-corrected chi connectivity index (χ2v) is 3.16. The lowest BCUT2D eigenvalue weighted by atomic mass is 10.4. The highest BCUT2D eigenvalue weighted by atomic mass is 16.5. The molecule has 84 valence electrons. The fourth-order valence-electron chi connectivity index (χ4n) is 1.21. The Morgan fingerprint density at radius 1 is 1.31 bits per heavy atom. The minimum Gasteiger partial charge on any atom is -0.675 e. The summed E-state index contributed by atoms with van der Waals surface area (Å²) in [5.41, 5.74) is 5.57. The second kappa shape index (κ2) is 3.97. The number of furan rings is 1. The quantitative estimate of drug-likeness (QED) is 0.549. The summed E-state index contributed by atoms with van der Waals surface area (Å²) in [5.74, 6) is 0.287.